The summed E-state index contributed by atoms with van der Waals surface area (Å²) in [5, 5.41) is 3.09. The molecule has 0 radical (unpaired) electrons. The second-order valence-electron chi connectivity index (χ2n) is 3.21. The molecule has 15 heavy (non-hydrogen) atoms. The van der Waals surface area contributed by atoms with Gasteiger partial charge in [-0.2, -0.15) is 8.78 Å². The van der Waals surface area contributed by atoms with Gasteiger partial charge in [0.15, 0.2) is 0 Å². The first-order chi connectivity index (χ1) is 6.91. The van der Waals surface area contributed by atoms with E-state index in [0.29, 0.717) is 0 Å². The summed E-state index contributed by atoms with van der Waals surface area (Å²) in [6, 6.07) is -0.419. The summed E-state index contributed by atoms with van der Waals surface area (Å²) in [5.41, 5.74) is 0.777. The zero-order chi connectivity index (χ0) is 11.6. The number of alkyl halides is 2. The Hall–Kier alpha value is -1.04. The van der Waals surface area contributed by atoms with E-state index in [-0.39, 0.29) is 0 Å². The molecule has 1 amide bonds. The van der Waals surface area contributed by atoms with Crippen LogP contribution in [0.25, 0.3) is 0 Å². The molecule has 1 atom stereocenters. The maximum absolute atomic E-state index is 12.0. The van der Waals surface area contributed by atoms with Crippen LogP contribution in [-0.4, -0.2) is 17.3 Å². The van der Waals surface area contributed by atoms with Crippen molar-refractivity contribution in [2.75, 3.05) is 0 Å². The van der Waals surface area contributed by atoms with Gasteiger partial charge in [0.05, 0.1) is 16.7 Å². The number of amides is 1. The van der Waals surface area contributed by atoms with Crippen LogP contribution in [0.3, 0.4) is 0 Å². The standard InChI is InChI=1S/C9H12F2N2OS/c1-4-7(15-6(3)12-4)5(2)13-9(14)8(10)11/h5,8H,1-3H3,(H,13,14). The average molecular weight is 234 g/mol. The monoisotopic (exact) mass is 234 g/mol. The molecule has 0 aromatic carbocycles. The number of thiazole rings is 1. The van der Waals surface area contributed by atoms with E-state index in [1.807, 2.05) is 6.92 Å². The highest BCUT2D eigenvalue weighted by Crippen LogP contribution is 2.24. The summed E-state index contributed by atoms with van der Waals surface area (Å²) in [7, 11) is 0. The number of nitrogens with zero attached hydrogens (tertiary/aromatic N) is 1. The van der Waals surface area contributed by atoms with Gasteiger partial charge in [-0.1, -0.05) is 0 Å². The van der Waals surface area contributed by atoms with Crippen LogP contribution in [0.2, 0.25) is 0 Å². The summed E-state index contributed by atoms with van der Waals surface area (Å²) >= 11 is 1.41. The molecular formula is C9H12F2N2OS. The van der Waals surface area contributed by atoms with E-state index in [2.05, 4.69) is 10.3 Å². The van der Waals surface area contributed by atoms with Gasteiger partial charge in [-0.25, -0.2) is 4.98 Å². The highest BCUT2D eigenvalue weighted by Gasteiger charge is 2.20. The first-order valence-corrected chi connectivity index (χ1v) is 5.26. The molecule has 1 aromatic heterocycles. The van der Waals surface area contributed by atoms with Crippen molar-refractivity contribution >= 4 is 17.2 Å². The largest absolute Gasteiger partial charge is 0.344 e. The van der Waals surface area contributed by atoms with E-state index in [4.69, 9.17) is 0 Å². The molecule has 0 saturated heterocycles. The summed E-state index contributed by atoms with van der Waals surface area (Å²) < 4.78 is 24.0. The topological polar surface area (TPSA) is 42.0 Å². The van der Waals surface area contributed by atoms with Gasteiger partial charge in [0.1, 0.15) is 0 Å². The average Bonchev–Trinajstić information content (AvgIpc) is 2.44. The van der Waals surface area contributed by atoms with Crippen molar-refractivity contribution in [3.05, 3.63) is 15.6 Å². The van der Waals surface area contributed by atoms with E-state index in [9.17, 15) is 13.6 Å². The Morgan fingerprint density at radius 2 is 2.07 bits per heavy atom. The number of halogens is 2. The van der Waals surface area contributed by atoms with Crippen molar-refractivity contribution in [1.29, 1.82) is 0 Å². The minimum absolute atomic E-state index is 0.419. The van der Waals surface area contributed by atoms with Crippen LogP contribution >= 0.6 is 11.3 Å². The van der Waals surface area contributed by atoms with Crippen molar-refractivity contribution in [2.45, 2.75) is 33.2 Å². The lowest BCUT2D eigenvalue weighted by molar-refractivity contribution is -0.132. The number of rotatable bonds is 3. The fourth-order valence-electron chi connectivity index (χ4n) is 1.29. The highest BCUT2D eigenvalue weighted by atomic mass is 32.1. The SMILES string of the molecule is Cc1nc(C)c(C(C)NC(=O)C(F)F)s1. The summed E-state index contributed by atoms with van der Waals surface area (Å²) in [5.74, 6) is -1.24. The molecule has 1 rings (SSSR count). The maximum atomic E-state index is 12.0. The van der Waals surface area contributed by atoms with E-state index in [0.717, 1.165) is 15.6 Å². The van der Waals surface area contributed by atoms with Crippen molar-refractivity contribution < 1.29 is 13.6 Å². The summed E-state index contributed by atoms with van der Waals surface area (Å²) in [6.07, 6.45) is -2.97. The van der Waals surface area contributed by atoms with Gasteiger partial charge in [0.2, 0.25) is 0 Å². The first kappa shape index (κ1) is 12.0. The molecule has 84 valence electrons. The van der Waals surface area contributed by atoms with Crippen LogP contribution in [0.4, 0.5) is 8.78 Å². The van der Waals surface area contributed by atoms with Gasteiger partial charge < -0.3 is 5.32 Å². The number of aryl methyl sites for hydroxylation is 2. The highest BCUT2D eigenvalue weighted by molar-refractivity contribution is 7.11. The fraction of sp³-hybridized carbons (Fsp3) is 0.556. The molecule has 1 unspecified atom stereocenters. The summed E-state index contributed by atoms with van der Waals surface area (Å²) in [6.45, 7) is 5.30. The lowest BCUT2D eigenvalue weighted by Crippen LogP contribution is -2.31. The third-order valence-electron chi connectivity index (χ3n) is 1.89. The molecule has 0 aliphatic heterocycles. The van der Waals surface area contributed by atoms with Crippen LogP contribution in [-0.2, 0) is 4.79 Å². The van der Waals surface area contributed by atoms with Crippen LogP contribution in [0.5, 0.6) is 0 Å². The van der Waals surface area contributed by atoms with Crippen molar-refractivity contribution in [1.82, 2.24) is 10.3 Å². The van der Waals surface area contributed by atoms with Crippen molar-refractivity contribution in [2.24, 2.45) is 0 Å². The second kappa shape index (κ2) is 4.65. The molecule has 3 nitrogen and oxygen atoms in total. The Balaban J connectivity index is 2.73. The third kappa shape index (κ3) is 2.95. The fourth-order valence-corrected chi connectivity index (χ4v) is 2.22. The van der Waals surface area contributed by atoms with Gasteiger partial charge in [0, 0.05) is 4.88 Å². The van der Waals surface area contributed by atoms with Crippen LogP contribution in [0, 0.1) is 13.8 Å². The maximum Gasteiger partial charge on any atom is 0.315 e. The van der Waals surface area contributed by atoms with Gasteiger partial charge in [-0.15, -0.1) is 11.3 Å². The predicted octanol–water partition coefficient (Wildman–Crippen LogP) is 2.20. The molecule has 0 saturated carbocycles. The van der Waals surface area contributed by atoms with Gasteiger partial charge in [-0.3, -0.25) is 4.79 Å². The number of nitrogens with one attached hydrogen (secondary N) is 1. The quantitative estimate of drug-likeness (QED) is 0.871. The molecule has 1 aromatic rings. The second-order valence-corrected chi connectivity index (χ2v) is 4.45. The van der Waals surface area contributed by atoms with Crippen LogP contribution < -0.4 is 5.32 Å². The Kier molecular flexibility index (Phi) is 3.73. The molecule has 1 N–H and O–H groups in total. The Morgan fingerprint density at radius 3 is 2.47 bits per heavy atom. The molecule has 0 spiro atoms. The zero-order valence-electron chi connectivity index (χ0n) is 8.67. The zero-order valence-corrected chi connectivity index (χ0v) is 9.49. The number of hydrogen-bond acceptors (Lipinski definition) is 3. The minimum atomic E-state index is -2.97. The smallest absolute Gasteiger partial charge is 0.315 e. The predicted molar refractivity (Wildman–Crippen MR) is 54.1 cm³/mol. The van der Waals surface area contributed by atoms with Crippen LogP contribution in [0.15, 0.2) is 0 Å². The number of hydrogen-bond donors (Lipinski definition) is 1. The molecule has 1 heterocycles. The molecule has 0 fully saturated rings. The minimum Gasteiger partial charge on any atom is -0.344 e. The Bertz CT molecular complexity index is 365. The van der Waals surface area contributed by atoms with E-state index in [1.54, 1.807) is 13.8 Å². The lowest BCUT2D eigenvalue weighted by atomic mass is 10.2. The molecular weight excluding hydrogens is 222 g/mol. The molecule has 0 aliphatic rings. The van der Waals surface area contributed by atoms with Gasteiger partial charge >= 0.3 is 6.43 Å². The first-order valence-electron chi connectivity index (χ1n) is 4.44. The van der Waals surface area contributed by atoms with Crippen molar-refractivity contribution in [3.8, 4) is 0 Å². The van der Waals surface area contributed by atoms with E-state index in [1.165, 1.54) is 11.3 Å². The molecule has 0 aliphatic carbocycles. The van der Waals surface area contributed by atoms with Crippen molar-refractivity contribution in [3.63, 3.8) is 0 Å². The number of aromatic nitrogens is 1. The summed E-state index contributed by atoms with van der Waals surface area (Å²) in [4.78, 5) is 15.8. The number of carbonyl (C=O) groups excluding carboxylic acids is 1. The Labute approximate surface area is 90.5 Å². The molecule has 0 bridgehead atoms. The van der Waals surface area contributed by atoms with E-state index >= 15 is 0 Å². The normalized spacial score (nSPS) is 12.9. The third-order valence-corrected chi connectivity index (χ3v) is 3.15. The lowest BCUT2D eigenvalue weighted by Gasteiger charge is -2.12. The van der Waals surface area contributed by atoms with Gasteiger partial charge in [0.25, 0.3) is 5.91 Å². The molecule has 6 heteroatoms. The Morgan fingerprint density at radius 1 is 1.47 bits per heavy atom. The van der Waals surface area contributed by atoms with Gasteiger partial charge in [-0.05, 0) is 20.8 Å². The number of carbonyl (C=O) groups is 1. The van der Waals surface area contributed by atoms with Crippen LogP contribution in [0.1, 0.15) is 28.5 Å². The van der Waals surface area contributed by atoms with E-state index < -0.39 is 18.4 Å².